The molecule has 2 fully saturated rings. The number of halogens is 1. The van der Waals surface area contributed by atoms with Crippen LogP contribution in [0.25, 0.3) is 0 Å². The van der Waals surface area contributed by atoms with Crippen LogP contribution in [0.5, 0.6) is 0 Å². The minimum atomic E-state index is -1.05. The van der Waals surface area contributed by atoms with Gasteiger partial charge < -0.3 is 15.3 Å². The van der Waals surface area contributed by atoms with Crippen molar-refractivity contribution in [3.05, 3.63) is 28.2 Å². The van der Waals surface area contributed by atoms with Crippen LogP contribution in [0.15, 0.2) is 22.7 Å². The monoisotopic (exact) mass is 338 g/mol. The minimum Gasteiger partial charge on any atom is -0.478 e. The van der Waals surface area contributed by atoms with Crippen molar-refractivity contribution in [2.45, 2.75) is 25.3 Å². The maximum Gasteiger partial charge on any atom is 0.337 e. The second kappa shape index (κ2) is 5.09. The summed E-state index contributed by atoms with van der Waals surface area (Å²) in [6.07, 6.45) is 3.34. The Bertz CT molecular complexity index is 576. The van der Waals surface area contributed by atoms with Crippen molar-refractivity contribution in [3.63, 3.8) is 0 Å². The number of benzene rings is 1. The zero-order chi connectivity index (χ0) is 14.3. The van der Waals surface area contributed by atoms with Gasteiger partial charge in [0.25, 0.3) is 0 Å². The molecule has 6 heteroatoms. The lowest BCUT2D eigenvalue weighted by Gasteiger charge is -2.27. The number of carbonyl (C=O) groups excluding carboxylic acids is 1. The fraction of sp³-hybridized carbons (Fsp3) is 0.429. The second-order valence-electron chi connectivity index (χ2n) is 5.41. The lowest BCUT2D eigenvalue weighted by atomic mass is 10.1. The number of nitrogens with one attached hydrogen (secondary N) is 1. The SMILES string of the molecule is O=C(O)c1ccc(Br)cc1NC(=O)N1CC2CCC1C2. The molecule has 5 nitrogen and oxygen atoms in total. The number of rotatable bonds is 2. The number of piperidine rings is 1. The van der Waals surface area contributed by atoms with Crippen molar-refractivity contribution >= 4 is 33.6 Å². The number of nitrogens with zero attached hydrogens (tertiary/aromatic N) is 1. The predicted octanol–water partition coefficient (Wildman–Crippen LogP) is 3.16. The van der Waals surface area contributed by atoms with Crippen molar-refractivity contribution in [2.75, 3.05) is 11.9 Å². The Morgan fingerprint density at radius 2 is 2.15 bits per heavy atom. The van der Waals surface area contributed by atoms with Crippen molar-refractivity contribution in [3.8, 4) is 0 Å². The van der Waals surface area contributed by atoms with Crippen LogP contribution in [0.2, 0.25) is 0 Å². The number of hydrogen-bond donors (Lipinski definition) is 2. The first kappa shape index (κ1) is 13.4. The summed E-state index contributed by atoms with van der Waals surface area (Å²) in [6, 6.07) is 4.88. The maximum atomic E-state index is 12.3. The smallest absolute Gasteiger partial charge is 0.337 e. The summed E-state index contributed by atoms with van der Waals surface area (Å²) in [4.78, 5) is 25.3. The van der Waals surface area contributed by atoms with Gasteiger partial charge in [0.1, 0.15) is 0 Å². The topological polar surface area (TPSA) is 69.6 Å². The molecule has 0 spiro atoms. The molecule has 0 radical (unpaired) electrons. The summed E-state index contributed by atoms with van der Waals surface area (Å²) >= 11 is 3.29. The average molecular weight is 339 g/mol. The van der Waals surface area contributed by atoms with Crippen LogP contribution in [0.1, 0.15) is 29.6 Å². The Hall–Kier alpha value is -1.56. The highest BCUT2D eigenvalue weighted by Crippen LogP contribution is 2.37. The fourth-order valence-corrected chi connectivity index (χ4v) is 3.53. The van der Waals surface area contributed by atoms with Crippen LogP contribution in [0.4, 0.5) is 10.5 Å². The van der Waals surface area contributed by atoms with Gasteiger partial charge >= 0.3 is 12.0 Å². The normalized spacial score (nSPS) is 23.9. The summed E-state index contributed by atoms with van der Waals surface area (Å²) < 4.78 is 0.737. The van der Waals surface area contributed by atoms with E-state index in [0.717, 1.165) is 23.9 Å². The highest BCUT2D eigenvalue weighted by Gasteiger charge is 2.40. The lowest BCUT2D eigenvalue weighted by Crippen LogP contribution is -2.40. The van der Waals surface area contributed by atoms with E-state index >= 15 is 0 Å². The average Bonchev–Trinajstić information content (AvgIpc) is 3.00. The molecule has 2 atom stereocenters. The van der Waals surface area contributed by atoms with Crippen LogP contribution < -0.4 is 5.32 Å². The standard InChI is InChI=1S/C14H15BrN2O3/c15-9-2-4-11(13(18)19)12(6-9)16-14(20)17-7-8-1-3-10(17)5-8/h2,4,6,8,10H,1,3,5,7H2,(H,16,20)(H,18,19). The van der Waals surface area contributed by atoms with Crippen LogP contribution in [-0.2, 0) is 0 Å². The first-order chi connectivity index (χ1) is 9.54. The Labute approximate surface area is 125 Å². The zero-order valence-corrected chi connectivity index (χ0v) is 12.4. The molecule has 1 aliphatic carbocycles. The maximum absolute atomic E-state index is 12.3. The molecule has 0 aromatic heterocycles. The van der Waals surface area contributed by atoms with Gasteiger partial charge in [-0.2, -0.15) is 0 Å². The molecule has 2 amide bonds. The minimum absolute atomic E-state index is 0.103. The van der Waals surface area contributed by atoms with Crippen LogP contribution in [0.3, 0.4) is 0 Å². The fourth-order valence-electron chi connectivity index (χ4n) is 3.17. The van der Waals surface area contributed by atoms with E-state index in [4.69, 9.17) is 5.11 Å². The number of carboxylic acid groups (broad SMARTS) is 1. The van der Waals surface area contributed by atoms with Crippen molar-refractivity contribution in [1.82, 2.24) is 4.90 Å². The van der Waals surface area contributed by atoms with Gasteiger partial charge in [0.2, 0.25) is 0 Å². The zero-order valence-electron chi connectivity index (χ0n) is 10.8. The van der Waals surface area contributed by atoms with Gasteiger partial charge in [-0.1, -0.05) is 15.9 Å². The highest BCUT2D eigenvalue weighted by atomic mass is 79.9. The van der Waals surface area contributed by atoms with Gasteiger partial charge in [-0.05, 0) is 43.4 Å². The van der Waals surface area contributed by atoms with E-state index in [1.54, 1.807) is 12.1 Å². The summed E-state index contributed by atoms with van der Waals surface area (Å²) in [5.41, 5.74) is 0.436. The van der Waals surface area contributed by atoms with Crippen LogP contribution >= 0.6 is 15.9 Å². The van der Waals surface area contributed by atoms with E-state index in [1.165, 1.54) is 12.5 Å². The molecular formula is C14H15BrN2O3. The lowest BCUT2D eigenvalue weighted by molar-refractivity contribution is 0.0698. The van der Waals surface area contributed by atoms with Gasteiger partial charge in [0, 0.05) is 17.1 Å². The summed E-state index contributed by atoms with van der Waals surface area (Å²) in [5.74, 6) is -0.428. The third-order valence-corrected chi connectivity index (χ3v) is 4.62. The van der Waals surface area contributed by atoms with Crippen molar-refractivity contribution in [1.29, 1.82) is 0 Å². The number of likely N-dealkylation sites (tertiary alicyclic amines) is 1. The van der Waals surface area contributed by atoms with Gasteiger partial charge in [0.05, 0.1) is 11.3 Å². The highest BCUT2D eigenvalue weighted by molar-refractivity contribution is 9.10. The molecule has 3 rings (SSSR count). The Kier molecular flexibility index (Phi) is 3.41. The molecule has 1 heterocycles. The molecule has 1 aliphatic heterocycles. The van der Waals surface area contributed by atoms with E-state index in [1.807, 2.05) is 4.90 Å². The van der Waals surface area contributed by atoms with Gasteiger partial charge in [0.15, 0.2) is 0 Å². The summed E-state index contributed by atoms with van der Waals surface area (Å²) in [7, 11) is 0. The largest absolute Gasteiger partial charge is 0.478 e. The van der Waals surface area contributed by atoms with Gasteiger partial charge in [-0.15, -0.1) is 0 Å². The van der Waals surface area contributed by atoms with E-state index in [9.17, 15) is 9.59 Å². The molecule has 106 valence electrons. The Morgan fingerprint density at radius 3 is 2.75 bits per heavy atom. The van der Waals surface area contributed by atoms with E-state index in [-0.39, 0.29) is 11.6 Å². The summed E-state index contributed by atoms with van der Waals surface area (Å²) in [5, 5.41) is 11.9. The number of hydrogen-bond acceptors (Lipinski definition) is 2. The van der Waals surface area contributed by atoms with Crippen molar-refractivity contribution < 1.29 is 14.7 Å². The molecule has 2 aliphatic rings. The molecular weight excluding hydrogens is 324 g/mol. The molecule has 1 aromatic carbocycles. The summed E-state index contributed by atoms with van der Waals surface area (Å²) in [6.45, 7) is 0.785. The molecule has 1 saturated carbocycles. The molecule has 2 unspecified atom stereocenters. The first-order valence-electron chi connectivity index (χ1n) is 6.65. The Morgan fingerprint density at radius 1 is 1.35 bits per heavy atom. The number of carbonyl (C=O) groups is 2. The number of carboxylic acids is 1. The van der Waals surface area contributed by atoms with E-state index < -0.39 is 5.97 Å². The number of urea groups is 1. The van der Waals surface area contributed by atoms with Crippen molar-refractivity contribution in [2.24, 2.45) is 5.92 Å². The number of anilines is 1. The van der Waals surface area contributed by atoms with Gasteiger partial charge in [-0.3, -0.25) is 0 Å². The third-order valence-electron chi connectivity index (χ3n) is 4.12. The number of aromatic carboxylic acids is 1. The second-order valence-corrected chi connectivity index (χ2v) is 6.33. The molecule has 20 heavy (non-hydrogen) atoms. The van der Waals surface area contributed by atoms with Crippen LogP contribution in [-0.4, -0.2) is 34.6 Å². The molecule has 2 N–H and O–H groups in total. The first-order valence-corrected chi connectivity index (χ1v) is 7.44. The Balaban J connectivity index is 1.79. The number of amides is 2. The van der Waals surface area contributed by atoms with E-state index in [0.29, 0.717) is 17.6 Å². The predicted molar refractivity (Wildman–Crippen MR) is 78.0 cm³/mol. The van der Waals surface area contributed by atoms with E-state index in [2.05, 4.69) is 21.2 Å². The van der Waals surface area contributed by atoms with Crippen LogP contribution in [0, 0.1) is 5.92 Å². The quantitative estimate of drug-likeness (QED) is 0.870. The van der Waals surface area contributed by atoms with Gasteiger partial charge in [-0.25, -0.2) is 9.59 Å². The molecule has 2 bridgehead atoms. The molecule has 1 aromatic rings. The third kappa shape index (κ3) is 2.40. The number of fused-ring (bicyclic) bond motifs is 2. The molecule has 1 saturated heterocycles.